The van der Waals surface area contributed by atoms with Crippen LogP contribution in [0.4, 0.5) is 0 Å². The largest absolute Gasteiger partial charge is 0.309 e. The second-order valence-electron chi connectivity index (χ2n) is 12.5. The van der Waals surface area contributed by atoms with Gasteiger partial charge in [0.2, 0.25) is 0 Å². The molecular formula is C44H29N. The van der Waals surface area contributed by atoms with Gasteiger partial charge in [0.15, 0.2) is 0 Å². The van der Waals surface area contributed by atoms with E-state index < -0.39 is 0 Å². The summed E-state index contributed by atoms with van der Waals surface area (Å²) >= 11 is 0. The highest BCUT2D eigenvalue weighted by Crippen LogP contribution is 2.49. The molecule has 10 rings (SSSR count). The molecule has 1 atom stereocenters. The highest BCUT2D eigenvalue weighted by molar-refractivity contribution is 6.12. The third-order valence-electron chi connectivity index (χ3n) is 10.1. The molecule has 1 unspecified atom stereocenters. The number of nitrogens with zero attached hydrogens (tertiary/aromatic N) is 1. The van der Waals surface area contributed by atoms with Gasteiger partial charge in [0, 0.05) is 22.4 Å². The fourth-order valence-corrected chi connectivity index (χ4v) is 8.07. The molecule has 0 saturated heterocycles. The maximum Gasteiger partial charge on any atom is 0.0544 e. The van der Waals surface area contributed by atoms with Crippen molar-refractivity contribution in [3.8, 4) is 39.1 Å². The van der Waals surface area contributed by atoms with Crippen LogP contribution < -0.4 is 0 Å². The molecule has 0 radical (unpaired) electrons. The Labute approximate surface area is 262 Å². The lowest BCUT2D eigenvalue weighted by molar-refractivity contribution is 1.02. The van der Waals surface area contributed by atoms with Crippen molar-refractivity contribution in [3.63, 3.8) is 0 Å². The number of aromatic nitrogens is 1. The number of hydrogen-bond donors (Lipinski definition) is 0. The zero-order chi connectivity index (χ0) is 29.5. The van der Waals surface area contributed by atoms with Crippen molar-refractivity contribution < 1.29 is 0 Å². The highest BCUT2D eigenvalue weighted by atomic mass is 15.0. The van der Waals surface area contributed by atoms with Gasteiger partial charge in [0.1, 0.15) is 0 Å². The Kier molecular flexibility index (Phi) is 5.18. The first-order valence-electron chi connectivity index (χ1n) is 15.9. The summed E-state index contributed by atoms with van der Waals surface area (Å²) in [4.78, 5) is 0. The monoisotopic (exact) mass is 571 g/mol. The Morgan fingerprint density at radius 2 is 1.09 bits per heavy atom. The Hall–Kier alpha value is -5.66. The highest BCUT2D eigenvalue weighted by Gasteiger charge is 2.30. The minimum absolute atomic E-state index is 0.266. The van der Waals surface area contributed by atoms with E-state index >= 15 is 0 Å². The summed E-state index contributed by atoms with van der Waals surface area (Å²) < 4.78 is 2.45. The zero-order valence-electron chi connectivity index (χ0n) is 24.7. The van der Waals surface area contributed by atoms with Gasteiger partial charge in [-0.2, -0.15) is 0 Å². The van der Waals surface area contributed by atoms with Crippen LogP contribution in [0.1, 0.15) is 33.7 Å². The van der Waals surface area contributed by atoms with Gasteiger partial charge in [-0.25, -0.2) is 0 Å². The molecule has 8 aromatic rings. The van der Waals surface area contributed by atoms with E-state index in [9.17, 15) is 0 Å². The van der Waals surface area contributed by atoms with Crippen molar-refractivity contribution in [1.29, 1.82) is 0 Å². The third-order valence-corrected chi connectivity index (χ3v) is 10.1. The van der Waals surface area contributed by atoms with E-state index in [0.29, 0.717) is 0 Å². The first-order chi connectivity index (χ1) is 22.3. The average molecular weight is 572 g/mol. The number of hydrogen-bond acceptors (Lipinski definition) is 0. The SMILES string of the molecule is c1ccc(C2c3ccccc3-c3cc(-c4ccc5c(c4)c4cc6c(cc4n5-c4ccccc4)Cc4ccccc4-6)ccc32)cc1. The molecule has 0 bridgehead atoms. The summed E-state index contributed by atoms with van der Waals surface area (Å²) in [6.45, 7) is 0. The second kappa shape index (κ2) is 9.42. The summed E-state index contributed by atoms with van der Waals surface area (Å²) in [5, 5.41) is 2.60. The fraction of sp³-hybridized carbons (Fsp3) is 0.0455. The van der Waals surface area contributed by atoms with E-state index in [4.69, 9.17) is 0 Å². The first-order valence-corrected chi connectivity index (χ1v) is 15.9. The van der Waals surface area contributed by atoms with Crippen LogP contribution in [-0.4, -0.2) is 4.57 Å². The van der Waals surface area contributed by atoms with E-state index in [1.54, 1.807) is 0 Å². The van der Waals surface area contributed by atoms with Crippen LogP contribution in [0.25, 0.3) is 60.9 Å². The van der Waals surface area contributed by atoms with Crippen molar-refractivity contribution in [3.05, 3.63) is 186 Å². The molecule has 210 valence electrons. The molecular weight excluding hydrogens is 542 g/mol. The molecule has 45 heavy (non-hydrogen) atoms. The lowest BCUT2D eigenvalue weighted by Gasteiger charge is -2.14. The smallest absolute Gasteiger partial charge is 0.0544 e. The number of benzene rings is 7. The maximum atomic E-state index is 2.45. The normalized spacial score (nSPS) is 14.4. The average Bonchev–Trinajstić information content (AvgIpc) is 3.74. The molecule has 0 fully saturated rings. The standard InChI is InChI=1S/C44H29N/c1-3-11-28(12-4-1)44-36-18-10-9-17-35(36)39-24-29(19-21-37(39)44)30-20-22-42-40(25-30)41-27-38-32(23-31-13-7-8-16-34(31)38)26-43(41)45(42)33-14-5-2-6-15-33/h1-22,24-27,44H,23H2. The first kappa shape index (κ1) is 24.7. The predicted octanol–water partition coefficient (Wildman–Crippen LogP) is 11.2. The Morgan fingerprint density at radius 1 is 0.422 bits per heavy atom. The molecule has 0 amide bonds. The van der Waals surface area contributed by atoms with Gasteiger partial charge < -0.3 is 4.57 Å². The summed E-state index contributed by atoms with van der Waals surface area (Å²) in [7, 11) is 0. The van der Waals surface area contributed by atoms with Gasteiger partial charge in [-0.15, -0.1) is 0 Å². The van der Waals surface area contributed by atoms with Crippen LogP contribution >= 0.6 is 0 Å². The second-order valence-corrected chi connectivity index (χ2v) is 12.5. The molecule has 0 N–H and O–H groups in total. The van der Waals surface area contributed by atoms with Crippen LogP contribution in [0.3, 0.4) is 0 Å². The van der Waals surface area contributed by atoms with Gasteiger partial charge in [0.05, 0.1) is 11.0 Å². The van der Waals surface area contributed by atoms with Crippen LogP contribution in [0.15, 0.2) is 158 Å². The Morgan fingerprint density at radius 3 is 1.96 bits per heavy atom. The summed E-state index contributed by atoms with van der Waals surface area (Å²) in [5.41, 5.74) is 18.6. The van der Waals surface area contributed by atoms with Crippen molar-refractivity contribution in [2.75, 3.05) is 0 Å². The molecule has 1 heteroatoms. The van der Waals surface area contributed by atoms with E-state index in [2.05, 4.69) is 162 Å². The predicted molar refractivity (Wildman–Crippen MR) is 187 cm³/mol. The van der Waals surface area contributed by atoms with Gasteiger partial charge >= 0.3 is 0 Å². The number of para-hydroxylation sites is 1. The third kappa shape index (κ3) is 3.62. The van der Waals surface area contributed by atoms with E-state index in [1.807, 2.05) is 0 Å². The lowest BCUT2D eigenvalue weighted by Crippen LogP contribution is -1.98. The van der Waals surface area contributed by atoms with Crippen molar-refractivity contribution in [2.45, 2.75) is 12.3 Å². The molecule has 2 aliphatic rings. The number of rotatable bonds is 3. The van der Waals surface area contributed by atoms with Crippen molar-refractivity contribution in [1.82, 2.24) is 4.57 Å². The lowest BCUT2D eigenvalue weighted by atomic mass is 9.89. The summed E-state index contributed by atoms with van der Waals surface area (Å²) in [6.07, 6.45) is 0.990. The molecule has 2 aliphatic carbocycles. The Balaban J connectivity index is 1.18. The summed E-state index contributed by atoms with van der Waals surface area (Å²) in [6, 6.07) is 58.6. The van der Waals surface area contributed by atoms with Gasteiger partial charge in [-0.05, 0) is 110 Å². The molecule has 1 aromatic heterocycles. The van der Waals surface area contributed by atoms with Crippen LogP contribution in [0.2, 0.25) is 0 Å². The molecule has 0 saturated carbocycles. The Bertz CT molecular complexity index is 2450. The van der Waals surface area contributed by atoms with Crippen molar-refractivity contribution >= 4 is 21.8 Å². The number of fused-ring (bicyclic) bond motifs is 9. The van der Waals surface area contributed by atoms with Crippen LogP contribution in [0.5, 0.6) is 0 Å². The maximum absolute atomic E-state index is 2.45. The zero-order valence-corrected chi connectivity index (χ0v) is 24.7. The van der Waals surface area contributed by atoms with Gasteiger partial charge in [0.25, 0.3) is 0 Å². The summed E-state index contributed by atoms with van der Waals surface area (Å²) in [5.74, 6) is 0.266. The van der Waals surface area contributed by atoms with E-state index in [1.165, 1.54) is 88.7 Å². The topological polar surface area (TPSA) is 4.93 Å². The van der Waals surface area contributed by atoms with Crippen LogP contribution in [0, 0.1) is 0 Å². The molecule has 7 aromatic carbocycles. The molecule has 1 nitrogen and oxygen atoms in total. The van der Waals surface area contributed by atoms with E-state index in [-0.39, 0.29) is 5.92 Å². The molecule has 0 spiro atoms. The fourth-order valence-electron chi connectivity index (χ4n) is 8.07. The minimum Gasteiger partial charge on any atom is -0.309 e. The van der Waals surface area contributed by atoms with Gasteiger partial charge in [-0.1, -0.05) is 115 Å². The van der Waals surface area contributed by atoms with Crippen LogP contribution in [-0.2, 0) is 6.42 Å². The van der Waals surface area contributed by atoms with E-state index in [0.717, 1.165) is 6.42 Å². The van der Waals surface area contributed by atoms with Gasteiger partial charge in [-0.3, -0.25) is 0 Å². The minimum atomic E-state index is 0.266. The van der Waals surface area contributed by atoms with Crippen molar-refractivity contribution in [2.24, 2.45) is 0 Å². The quantitative estimate of drug-likeness (QED) is 0.199. The molecule has 0 aliphatic heterocycles. The molecule has 1 heterocycles.